The van der Waals surface area contributed by atoms with Crippen LogP contribution in [-0.2, 0) is 14.9 Å². The van der Waals surface area contributed by atoms with Crippen LogP contribution < -0.4 is 10.0 Å². The highest BCUT2D eigenvalue weighted by Gasteiger charge is 2.27. The third kappa shape index (κ3) is 6.40. The molecule has 120 valence electrons. The van der Waals surface area contributed by atoms with Crippen LogP contribution >= 0.6 is 0 Å². The fourth-order valence-corrected chi connectivity index (χ4v) is 3.36. The fraction of sp³-hybridized carbons (Fsp3) is 1.00. The summed E-state index contributed by atoms with van der Waals surface area (Å²) < 4.78 is 55.9. The molecule has 0 atom stereocenters. The summed E-state index contributed by atoms with van der Waals surface area (Å²) in [5, 5.41) is 3.09. The van der Waals surface area contributed by atoms with Crippen molar-refractivity contribution in [2.75, 3.05) is 46.4 Å². The molecule has 0 aromatic rings. The van der Waals surface area contributed by atoms with Crippen LogP contribution in [0.2, 0.25) is 0 Å². The molecule has 20 heavy (non-hydrogen) atoms. The van der Waals surface area contributed by atoms with Crippen LogP contribution in [0.5, 0.6) is 0 Å². The van der Waals surface area contributed by atoms with Crippen molar-refractivity contribution >= 4 is 10.2 Å². The normalized spacial score (nSPS) is 18.8. The molecule has 1 rings (SSSR count). The number of hydrogen-bond donors (Lipinski definition) is 2. The Labute approximate surface area is 119 Å². The van der Waals surface area contributed by atoms with Gasteiger partial charge in [0.25, 0.3) is 16.6 Å². The highest BCUT2D eigenvalue weighted by Crippen LogP contribution is 2.18. The molecule has 6 nitrogen and oxygen atoms in total. The molecule has 1 aliphatic rings. The predicted molar refractivity (Wildman–Crippen MR) is 72.0 cm³/mol. The third-order valence-corrected chi connectivity index (χ3v) is 4.79. The van der Waals surface area contributed by atoms with E-state index in [0.717, 1.165) is 19.4 Å². The van der Waals surface area contributed by atoms with Crippen LogP contribution in [0, 0.1) is 5.92 Å². The lowest BCUT2D eigenvalue weighted by Crippen LogP contribution is -2.46. The molecule has 0 unspecified atom stereocenters. The van der Waals surface area contributed by atoms with E-state index in [1.807, 2.05) is 7.05 Å². The molecule has 9 heteroatoms. The molecule has 1 heterocycles. The van der Waals surface area contributed by atoms with Gasteiger partial charge in [0.05, 0.1) is 6.61 Å². The first-order valence-corrected chi connectivity index (χ1v) is 8.15. The van der Waals surface area contributed by atoms with Gasteiger partial charge in [0.2, 0.25) is 0 Å². The Morgan fingerprint density at radius 1 is 1.35 bits per heavy atom. The van der Waals surface area contributed by atoms with E-state index in [1.54, 1.807) is 0 Å². The van der Waals surface area contributed by atoms with Crippen molar-refractivity contribution in [3.63, 3.8) is 0 Å². The number of hydrogen-bond acceptors (Lipinski definition) is 4. The zero-order valence-corrected chi connectivity index (χ0v) is 12.5. The molecule has 2 N–H and O–H groups in total. The Hall–Kier alpha value is -0.350. The number of rotatable bonds is 9. The number of alkyl halides is 2. The van der Waals surface area contributed by atoms with E-state index in [2.05, 4.69) is 14.8 Å². The fourth-order valence-electron chi connectivity index (χ4n) is 2.15. The average molecular weight is 315 g/mol. The molecule has 0 aliphatic carbocycles. The zero-order valence-electron chi connectivity index (χ0n) is 11.6. The van der Waals surface area contributed by atoms with E-state index in [0.29, 0.717) is 19.0 Å². The van der Waals surface area contributed by atoms with Crippen LogP contribution in [-0.4, -0.2) is 65.6 Å². The van der Waals surface area contributed by atoms with Gasteiger partial charge >= 0.3 is 0 Å². The molecule has 0 bridgehead atoms. The van der Waals surface area contributed by atoms with Gasteiger partial charge in [0.15, 0.2) is 0 Å². The van der Waals surface area contributed by atoms with Crippen molar-refractivity contribution < 1.29 is 21.9 Å². The second-order valence-electron chi connectivity index (χ2n) is 4.77. The van der Waals surface area contributed by atoms with Crippen molar-refractivity contribution in [2.45, 2.75) is 19.3 Å². The summed E-state index contributed by atoms with van der Waals surface area (Å²) in [6, 6.07) is 0. The summed E-state index contributed by atoms with van der Waals surface area (Å²) in [7, 11) is -1.65. The quantitative estimate of drug-likeness (QED) is 0.589. The van der Waals surface area contributed by atoms with Crippen molar-refractivity contribution in [3.8, 4) is 0 Å². The van der Waals surface area contributed by atoms with Gasteiger partial charge < -0.3 is 10.1 Å². The maximum atomic E-state index is 11.9. The number of nitrogens with zero attached hydrogens (tertiary/aromatic N) is 1. The maximum absolute atomic E-state index is 11.9. The van der Waals surface area contributed by atoms with Crippen molar-refractivity contribution in [1.82, 2.24) is 14.3 Å². The van der Waals surface area contributed by atoms with Crippen molar-refractivity contribution in [3.05, 3.63) is 0 Å². The van der Waals surface area contributed by atoms with E-state index in [4.69, 9.17) is 0 Å². The zero-order chi connectivity index (χ0) is 15.0. The molecule has 0 aromatic carbocycles. The largest absolute Gasteiger partial charge is 0.374 e. The Morgan fingerprint density at radius 3 is 2.55 bits per heavy atom. The summed E-state index contributed by atoms with van der Waals surface area (Å²) in [6.07, 6.45) is -0.884. The topological polar surface area (TPSA) is 70.7 Å². The second kappa shape index (κ2) is 8.83. The summed E-state index contributed by atoms with van der Waals surface area (Å²) in [6.45, 7) is 1.14. The van der Waals surface area contributed by atoms with Crippen LogP contribution in [0.3, 0.4) is 0 Å². The summed E-state index contributed by atoms with van der Waals surface area (Å²) in [5.41, 5.74) is 0. The SMILES string of the molecule is CNCC1CCN(S(=O)(=O)NCCOCC(F)F)CC1. The second-order valence-corrected chi connectivity index (χ2v) is 6.52. The lowest BCUT2D eigenvalue weighted by atomic mass is 9.98. The standard InChI is InChI=1S/C11H23F2N3O3S/c1-14-8-10-2-5-16(6-3-10)20(17,18)15-4-7-19-9-11(12)13/h10-11,14-15H,2-9H2,1H3. The van der Waals surface area contributed by atoms with Crippen LogP contribution in [0.25, 0.3) is 0 Å². The molecule has 0 saturated carbocycles. The Morgan fingerprint density at radius 2 is 2.00 bits per heavy atom. The lowest BCUT2D eigenvalue weighted by Gasteiger charge is -2.31. The van der Waals surface area contributed by atoms with Crippen molar-refractivity contribution in [2.24, 2.45) is 5.92 Å². The Kier molecular flexibility index (Phi) is 7.82. The molecule has 1 aliphatic heterocycles. The van der Waals surface area contributed by atoms with Gasteiger partial charge in [-0.25, -0.2) is 8.78 Å². The van der Waals surface area contributed by atoms with Gasteiger partial charge in [-0.3, -0.25) is 0 Å². The van der Waals surface area contributed by atoms with E-state index in [1.165, 1.54) is 4.31 Å². The van der Waals surface area contributed by atoms with Gasteiger partial charge in [0.1, 0.15) is 6.61 Å². The van der Waals surface area contributed by atoms with Crippen molar-refractivity contribution in [1.29, 1.82) is 0 Å². The molecule has 0 spiro atoms. The molecule has 0 radical (unpaired) electrons. The Bertz CT molecular complexity index is 360. The highest BCUT2D eigenvalue weighted by molar-refractivity contribution is 7.87. The molecular weight excluding hydrogens is 292 g/mol. The van der Waals surface area contributed by atoms with Crippen LogP contribution in [0.15, 0.2) is 0 Å². The lowest BCUT2D eigenvalue weighted by molar-refractivity contribution is 0.0198. The van der Waals surface area contributed by atoms with Gasteiger partial charge in [-0.15, -0.1) is 0 Å². The highest BCUT2D eigenvalue weighted by atomic mass is 32.2. The van der Waals surface area contributed by atoms with E-state index < -0.39 is 23.2 Å². The first-order valence-electron chi connectivity index (χ1n) is 6.71. The monoisotopic (exact) mass is 315 g/mol. The molecule has 0 aromatic heterocycles. The number of piperidine rings is 1. The molecular formula is C11H23F2N3O3S. The van der Waals surface area contributed by atoms with Gasteiger partial charge in [0, 0.05) is 19.6 Å². The van der Waals surface area contributed by atoms with Crippen LogP contribution in [0.1, 0.15) is 12.8 Å². The number of halogens is 2. The Balaban J connectivity index is 2.24. The minimum absolute atomic E-state index is 0.00545. The molecule has 1 saturated heterocycles. The first kappa shape index (κ1) is 17.7. The smallest absolute Gasteiger partial charge is 0.279 e. The van der Waals surface area contributed by atoms with Crippen LogP contribution in [0.4, 0.5) is 8.78 Å². The van der Waals surface area contributed by atoms with Gasteiger partial charge in [-0.05, 0) is 32.4 Å². The van der Waals surface area contributed by atoms with E-state index in [-0.39, 0.29) is 13.2 Å². The number of ether oxygens (including phenoxy) is 1. The third-order valence-electron chi connectivity index (χ3n) is 3.18. The van der Waals surface area contributed by atoms with E-state index in [9.17, 15) is 17.2 Å². The minimum Gasteiger partial charge on any atom is -0.374 e. The minimum atomic E-state index is -3.53. The van der Waals surface area contributed by atoms with Gasteiger partial charge in [-0.2, -0.15) is 17.4 Å². The van der Waals surface area contributed by atoms with Gasteiger partial charge in [-0.1, -0.05) is 0 Å². The maximum Gasteiger partial charge on any atom is 0.279 e. The first-order chi connectivity index (χ1) is 9.45. The summed E-state index contributed by atoms with van der Waals surface area (Å²) in [4.78, 5) is 0. The average Bonchev–Trinajstić information content (AvgIpc) is 2.39. The summed E-state index contributed by atoms with van der Waals surface area (Å²) >= 11 is 0. The molecule has 1 fully saturated rings. The number of nitrogens with one attached hydrogen (secondary N) is 2. The summed E-state index contributed by atoms with van der Waals surface area (Å²) in [5.74, 6) is 0.501. The van der Waals surface area contributed by atoms with E-state index >= 15 is 0 Å². The predicted octanol–water partition coefficient (Wildman–Crippen LogP) is 0.0339. The molecule has 0 amide bonds.